The lowest BCUT2D eigenvalue weighted by atomic mass is 10.2. The van der Waals surface area contributed by atoms with Gasteiger partial charge in [-0.25, -0.2) is 0 Å². The van der Waals surface area contributed by atoms with E-state index >= 15 is 0 Å². The summed E-state index contributed by atoms with van der Waals surface area (Å²) in [4.78, 5) is 11.6. The average Bonchev–Trinajstić information content (AvgIpc) is 2.36. The topological polar surface area (TPSA) is 41.1 Å². The molecule has 0 radical (unpaired) electrons. The molecule has 0 aromatic heterocycles. The van der Waals surface area contributed by atoms with E-state index in [0.29, 0.717) is 6.42 Å². The molecule has 0 heterocycles. The highest BCUT2D eigenvalue weighted by Gasteiger charge is 2.35. The standard InChI is InChI=1S/C13H14Cl3F3N2O/c1-2-4-10(22)21-11(12(14,15)16)20-9-6-3-5-8(7-9)13(17,18)19/h3,5-7,11,20H,2,4H2,1H3,(H,21,22)/t11-/m0/s1. The smallest absolute Gasteiger partial charge is 0.362 e. The fourth-order valence-electron chi connectivity index (χ4n) is 1.61. The maximum absolute atomic E-state index is 12.7. The zero-order valence-corrected chi connectivity index (χ0v) is 13.7. The van der Waals surface area contributed by atoms with Crippen molar-refractivity contribution in [1.29, 1.82) is 0 Å². The van der Waals surface area contributed by atoms with E-state index in [1.54, 1.807) is 6.92 Å². The van der Waals surface area contributed by atoms with Crippen LogP contribution >= 0.6 is 34.8 Å². The number of halogens is 6. The molecule has 0 saturated heterocycles. The molecule has 2 N–H and O–H groups in total. The average molecular weight is 378 g/mol. The summed E-state index contributed by atoms with van der Waals surface area (Å²) in [5.41, 5.74) is -0.775. The first kappa shape index (κ1) is 19.2. The molecular weight excluding hydrogens is 364 g/mol. The van der Waals surface area contributed by atoms with Gasteiger partial charge in [0.2, 0.25) is 9.70 Å². The number of amides is 1. The van der Waals surface area contributed by atoms with Crippen LogP contribution in [-0.2, 0) is 11.0 Å². The Morgan fingerprint density at radius 2 is 1.91 bits per heavy atom. The van der Waals surface area contributed by atoms with Crippen LogP contribution in [0.3, 0.4) is 0 Å². The van der Waals surface area contributed by atoms with Gasteiger partial charge in [-0.15, -0.1) is 0 Å². The Hall–Kier alpha value is -0.850. The molecule has 0 fully saturated rings. The van der Waals surface area contributed by atoms with Crippen LogP contribution < -0.4 is 10.6 Å². The van der Waals surface area contributed by atoms with Gasteiger partial charge in [0, 0.05) is 12.1 Å². The number of hydrogen-bond donors (Lipinski definition) is 2. The van der Waals surface area contributed by atoms with Gasteiger partial charge in [0.05, 0.1) is 5.56 Å². The SMILES string of the molecule is CCCC(=O)N[C@H](Nc1cccc(C(F)(F)F)c1)C(Cl)(Cl)Cl. The second-order valence-corrected chi connectivity index (χ2v) is 6.88. The van der Waals surface area contributed by atoms with E-state index < -0.39 is 21.7 Å². The predicted octanol–water partition coefficient (Wildman–Crippen LogP) is 4.73. The molecule has 0 aliphatic rings. The first-order chi connectivity index (χ1) is 10.0. The Balaban J connectivity index is 2.93. The molecule has 0 aliphatic carbocycles. The van der Waals surface area contributed by atoms with E-state index in [9.17, 15) is 18.0 Å². The number of carbonyl (C=O) groups is 1. The Morgan fingerprint density at radius 3 is 2.41 bits per heavy atom. The minimum atomic E-state index is -4.49. The molecule has 9 heteroatoms. The largest absolute Gasteiger partial charge is 0.416 e. The van der Waals surface area contributed by atoms with Crippen molar-refractivity contribution in [2.75, 3.05) is 5.32 Å². The third-order valence-corrected chi connectivity index (χ3v) is 3.27. The van der Waals surface area contributed by atoms with Gasteiger partial charge in [-0.3, -0.25) is 4.79 Å². The molecular formula is C13H14Cl3F3N2O. The van der Waals surface area contributed by atoms with Gasteiger partial charge in [-0.2, -0.15) is 13.2 Å². The van der Waals surface area contributed by atoms with Gasteiger partial charge in [0.1, 0.15) is 6.17 Å². The molecule has 124 valence electrons. The summed E-state index contributed by atoms with van der Waals surface area (Å²) in [6.07, 6.45) is -4.86. The van der Waals surface area contributed by atoms with E-state index in [4.69, 9.17) is 34.8 Å². The normalized spacial score (nSPS) is 13.6. The van der Waals surface area contributed by atoms with Crippen LogP contribution in [0.25, 0.3) is 0 Å². The molecule has 1 atom stereocenters. The zero-order valence-electron chi connectivity index (χ0n) is 11.5. The van der Waals surface area contributed by atoms with Crippen LogP contribution in [0.5, 0.6) is 0 Å². The number of benzene rings is 1. The molecule has 1 aromatic carbocycles. The van der Waals surface area contributed by atoms with Gasteiger partial charge in [0.15, 0.2) is 0 Å². The number of alkyl halides is 6. The predicted molar refractivity (Wildman–Crippen MR) is 82.2 cm³/mol. The number of rotatable bonds is 5. The van der Waals surface area contributed by atoms with E-state index in [0.717, 1.165) is 12.1 Å². The third-order valence-electron chi connectivity index (χ3n) is 2.61. The maximum Gasteiger partial charge on any atom is 0.416 e. The van der Waals surface area contributed by atoms with Crippen LogP contribution in [0.15, 0.2) is 24.3 Å². The molecule has 0 aliphatic heterocycles. The van der Waals surface area contributed by atoms with Crippen LogP contribution in [0.2, 0.25) is 0 Å². The van der Waals surface area contributed by atoms with E-state index in [2.05, 4.69) is 10.6 Å². The molecule has 0 spiro atoms. The summed E-state index contributed by atoms with van der Waals surface area (Å²) in [7, 11) is 0. The summed E-state index contributed by atoms with van der Waals surface area (Å²) in [6, 6.07) is 4.39. The Labute approximate surface area is 141 Å². The minimum Gasteiger partial charge on any atom is -0.362 e. The molecule has 1 rings (SSSR count). The van der Waals surface area contributed by atoms with E-state index in [1.165, 1.54) is 12.1 Å². The van der Waals surface area contributed by atoms with Crippen molar-refractivity contribution in [3.05, 3.63) is 29.8 Å². The lowest BCUT2D eigenvalue weighted by Crippen LogP contribution is -2.49. The number of carbonyl (C=O) groups excluding carboxylic acids is 1. The molecule has 0 saturated carbocycles. The fourth-order valence-corrected chi connectivity index (χ4v) is 1.94. The molecule has 1 amide bonds. The number of hydrogen-bond acceptors (Lipinski definition) is 2. The highest BCUT2D eigenvalue weighted by Crippen LogP contribution is 2.33. The summed E-state index contributed by atoms with van der Waals surface area (Å²) in [6.45, 7) is 1.80. The lowest BCUT2D eigenvalue weighted by Gasteiger charge is -2.27. The van der Waals surface area contributed by atoms with Gasteiger partial charge in [0.25, 0.3) is 0 Å². The first-order valence-electron chi connectivity index (χ1n) is 6.34. The summed E-state index contributed by atoms with van der Waals surface area (Å²) in [5, 5.41) is 5.03. The number of nitrogens with one attached hydrogen (secondary N) is 2. The van der Waals surface area contributed by atoms with E-state index in [1.807, 2.05) is 0 Å². The van der Waals surface area contributed by atoms with Gasteiger partial charge < -0.3 is 10.6 Å². The van der Waals surface area contributed by atoms with E-state index in [-0.39, 0.29) is 18.0 Å². The minimum absolute atomic E-state index is 0.0722. The number of anilines is 1. The monoisotopic (exact) mass is 376 g/mol. The second kappa shape index (κ2) is 7.62. The van der Waals surface area contributed by atoms with Crippen LogP contribution in [0, 0.1) is 0 Å². The summed E-state index contributed by atoms with van der Waals surface area (Å²) < 4.78 is 36.1. The van der Waals surface area contributed by atoms with Crippen LogP contribution in [0.1, 0.15) is 25.3 Å². The molecule has 0 bridgehead atoms. The highest BCUT2D eigenvalue weighted by molar-refractivity contribution is 6.68. The van der Waals surface area contributed by atoms with Crippen molar-refractivity contribution < 1.29 is 18.0 Å². The summed E-state index contributed by atoms with van der Waals surface area (Å²) >= 11 is 17.3. The van der Waals surface area contributed by atoms with Crippen molar-refractivity contribution in [2.24, 2.45) is 0 Å². The van der Waals surface area contributed by atoms with Crippen LogP contribution in [-0.4, -0.2) is 15.9 Å². The van der Waals surface area contributed by atoms with Crippen molar-refractivity contribution in [3.8, 4) is 0 Å². The quantitative estimate of drug-likeness (QED) is 0.575. The summed E-state index contributed by atoms with van der Waals surface area (Å²) in [5.74, 6) is -0.377. The van der Waals surface area contributed by atoms with Gasteiger partial charge in [-0.1, -0.05) is 47.8 Å². The molecule has 0 unspecified atom stereocenters. The van der Waals surface area contributed by atoms with Crippen molar-refractivity contribution in [1.82, 2.24) is 5.32 Å². The zero-order chi connectivity index (χ0) is 17.0. The van der Waals surface area contributed by atoms with Gasteiger partial charge in [-0.05, 0) is 24.6 Å². The van der Waals surface area contributed by atoms with Crippen LogP contribution in [0.4, 0.5) is 18.9 Å². The van der Waals surface area contributed by atoms with Crippen molar-refractivity contribution in [2.45, 2.75) is 35.9 Å². The van der Waals surface area contributed by atoms with Crippen molar-refractivity contribution in [3.63, 3.8) is 0 Å². The highest BCUT2D eigenvalue weighted by atomic mass is 35.6. The molecule has 22 heavy (non-hydrogen) atoms. The Morgan fingerprint density at radius 1 is 1.27 bits per heavy atom. The fraction of sp³-hybridized carbons (Fsp3) is 0.462. The second-order valence-electron chi connectivity index (χ2n) is 4.52. The third kappa shape index (κ3) is 6.10. The lowest BCUT2D eigenvalue weighted by molar-refractivity contribution is -0.137. The van der Waals surface area contributed by atoms with Crippen molar-refractivity contribution >= 4 is 46.4 Å². The van der Waals surface area contributed by atoms with Gasteiger partial charge >= 0.3 is 6.18 Å². The molecule has 1 aromatic rings. The maximum atomic E-state index is 12.7. The first-order valence-corrected chi connectivity index (χ1v) is 7.47. The molecule has 3 nitrogen and oxygen atoms in total. The Kier molecular flexibility index (Phi) is 6.65. The Bertz CT molecular complexity index is 518.